The van der Waals surface area contributed by atoms with Crippen molar-refractivity contribution in [2.75, 3.05) is 25.9 Å². The van der Waals surface area contributed by atoms with Gasteiger partial charge in [0.1, 0.15) is 5.75 Å². The molecule has 2 N–H and O–H groups in total. The zero-order chi connectivity index (χ0) is 29.4. The average Bonchev–Trinajstić information content (AvgIpc) is 3.31. The van der Waals surface area contributed by atoms with Crippen LogP contribution < -0.4 is 21.3 Å². The van der Waals surface area contributed by atoms with E-state index in [4.69, 9.17) is 23.2 Å². The van der Waals surface area contributed by atoms with Gasteiger partial charge >= 0.3 is 12.1 Å². The number of nitrogens with zero attached hydrogens (tertiary/aromatic N) is 2. The summed E-state index contributed by atoms with van der Waals surface area (Å²) in [6.07, 6.45) is -3.40. The lowest BCUT2D eigenvalue weighted by Gasteiger charge is -2.26. The van der Waals surface area contributed by atoms with E-state index >= 15 is 0 Å². The van der Waals surface area contributed by atoms with E-state index in [0.717, 1.165) is 18.9 Å². The van der Waals surface area contributed by atoms with Crippen molar-refractivity contribution >= 4 is 43.9 Å². The van der Waals surface area contributed by atoms with Crippen molar-refractivity contribution in [3.05, 3.63) is 66.3 Å². The van der Waals surface area contributed by atoms with Crippen LogP contribution in [0.2, 0.25) is 10.0 Å². The highest BCUT2D eigenvalue weighted by molar-refractivity contribution is 7.91. The Kier molecular flexibility index (Phi) is 8.91. The molecule has 40 heavy (non-hydrogen) atoms. The largest absolute Gasteiger partial charge is 0.573 e. The molecular formula is C25H27Cl2F3N4O5S. The van der Waals surface area contributed by atoms with Gasteiger partial charge in [-0.05, 0) is 56.3 Å². The number of alkyl halides is 3. The van der Waals surface area contributed by atoms with Crippen molar-refractivity contribution in [3.8, 4) is 5.75 Å². The first kappa shape index (κ1) is 30.4. The molecule has 1 unspecified atom stereocenters. The van der Waals surface area contributed by atoms with E-state index in [9.17, 15) is 31.2 Å². The number of aromatic amines is 1. The Labute approximate surface area is 237 Å². The quantitative estimate of drug-likeness (QED) is 0.372. The van der Waals surface area contributed by atoms with E-state index in [1.54, 1.807) is 7.05 Å². The van der Waals surface area contributed by atoms with Gasteiger partial charge < -0.3 is 15.0 Å². The number of aromatic nitrogens is 2. The molecule has 4 rings (SSSR count). The molecule has 218 valence electrons. The third-order valence-corrected chi connectivity index (χ3v) is 9.35. The number of ether oxygens (including phenoxy) is 1. The highest BCUT2D eigenvalue weighted by Crippen LogP contribution is 2.37. The monoisotopic (exact) mass is 622 g/mol. The zero-order valence-electron chi connectivity index (χ0n) is 21.6. The molecule has 0 amide bonds. The van der Waals surface area contributed by atoms with Crippen molar-refractivity contribution in [1.29, 1.82) is 0 Å². The molecule has 0 aliphatic carbocycles. The predicted octanol–water partition coefficient (Wildman–Crippen LogP) is 3.92. The van der Waals surface area contributed by atoms with Crippen molar-refractivity contribution in [1.82, 2.24) is 19.8 Å². The van der Waals surface area contributed by atoms with Crippen LogP contribution >= 0.6 is 23.2 Å². The van der Waals surface area contributed by atoms with Crippen LogP contribution in [-0.4, -0.2) is 61.2 Å². The minimum atomic E-state index is -5.08. The number of hydrogen-bond acceptors (Lipinski definition) is 7. The number of rotatable bonds is 9. The van der Waals surface area contributed by atoms with E-state index in [0.29, 0.717) is 17.7 Å². The molecule has 1 fully saturated rings. The number of sulfone groups is 1. The molecule has 15 heteroatoms. The third-order valence-electron chi connectivity index (χ3n) is 6.87. The van der Waals surface area contributed by atoms with Gasteiger partial charge in [-0.3, -0.25) is 14.3 Å². The summed E-state index contributed by atoms with van der Waals surface area (Å²) in [6.45, 7) is 2.16. The van der Waals surface area contributed by atoms with Gasteiger partial charge in [0.2, 0.25) is 0 Å². The van der Waals surface area contributed by atoms with Crippen LogP contribution in [0.1, 0.15) is 30.9 Å². The van der Waals surface area contributed by atoms with Crippen molar-refractivity contribution in [2.45, 2.75) is 50.2 Å². The molecule has 9 nitrogen and oxygen atoms in total. The molecule has 2 heterocycles. The first-order valence-electron chi connectivity index (χ1n) is 12.4. The Bertz CT molecular complexity index is 1660. The Balaban J connectivity index is 1.88. The SMILES string of the molecule is CCS(=O)(=O)c1ccc(Cl)cc1Cn1c(=O)[nH]c2c(Cl)c(CN3CCCC3CNC)c(OC(F)(F)F)cc2c1=O. The maximum absolute atomic E-state index is 13.5. The summed E-state index contributed by atoms with van der Waals surface area (Å²) in [5.41, 5.74) is -2.00. The number of hydrogen-bond donors (Lipinski definition) is 2. The summed E-state index contributed by atoms with van der Waals surface area (Å²) in [5.74, 6) is -0.902. The number of fused-ring (bicyclic) bond motifs is 1. The summed E-state index contributed by atoms with van der Waals surface area (Å²) in [5, 5.41) is 2.65. The third kappa shape index (κ3) is 6.33. The fraction of sp³-hybridized carbons (Fsp3) is 0.440. The van der Waals surface area contributed by atoms with Crippen molar-refractivity contribution < 1.29 is 26.3 Å². The molecule has 1 aromatic heterocycles. The van der Waals surface area contributed by atoms with Gasteiger partial charge in [0, 0.05) is 29.7 Å². The Hall–Kier alpha value is -2.58. The minimum absolute atomic E-state index is 0.00159. The Morgan fingerprint density at radius 2 is 1.90 bits per heavy atom. The van der Waals surface area contributed by atoms with Crippen LogP contribution in [-0.2, 0) is 22.9 Å². The topological polar surface area (TPSA) is 114 Å². The summed E-state index contributed by atoms with van der Waals surface area (Å²) in [4.78, 5) is 30.9. The first-order chi connectivity index (χ1) is 18.8. The van der Waals surface area contributed by atoms with Crippen LogP contribution in [0, 0.1) is 0 Å². The number of benzene rings is 2. The molecule has 0 bridgehead atoms. The van der Waals surface area contributed by atoms with Crippen LogP contribution in [0.3, 0.4) is 0 Å². The molecule has 1 aliphatic heterocycles. The van der Waals surface area contributed by atoms with Crippen molar-refractivity contribution in [2.24, 2.45) is 0 Å². The van der Waals surface area contributed by atoms with E-state index in [1.807, 2.05) is 4.90 Å². The highest BCUT2D eigenvalue weighted by Gasteiger charge is 2.35. The molecule has 3 aromatic rings. The summed E-state index contributed by atoms with van der Waals surface area (Å²) < 4.78 is 70.5. The van der Waals surface area contributed by atoms with E-state index in [-0.39, 0.29) is 55.3 Å². The summed E-state index contributed by atoms with van der Waals surface area (Å²) >= 11 is 12.6. The Morgan fingerprint density at radius 3 is 2.55 bits per heavy atom. The van der Waals surface area contributed by atoms with Gasteiger partial charge in [0.05, 0.1) is 33.1 Å². The standard InChI is InChI=1S/C25H27Cl2F3N4O5S/c1-3-40(37,38)20-7-6-15(26)9-14(20)12-34-23(35)17-10-19(39-25(28,29)30)18(21(27)22(17)32-24(34)36)13-33-8-4-5-16(33)11-31-2/h6-7,9-10,16,31H,3-5,8,11-13H2,1-2H3,(H,32,36). The summed E-state index contributed by atoms with van der Waals surface area (Å²) in [7, 11) is -1.98. The normalized spacial score (nSPS) is 16.6. The molecule has 2 aromatic carbocycles. The van der Waals surface area contributed by atoms with Gasteiger partial charge in [-0.25, -0.2) is 13.2 Å². The predicted molar refractivity (Wildman–Crippen MR) is 146 cm³/mol. The lowest BCUT2D eigenvalue weighted by molar-refractivity contribution is -0.274. The second-order valence-electron chi connectivity index (χ2n) is 9.44. The van der Waals surface area contributed by atoms with Gasteiger partial charge in [-0.2, -0.15) is 0 Å². The molecule has 0 radical (unpaired) electrons. The zero-order valence-corrected chi connectivity index (χ0v) is 23.9. The highest BCUT2D eigenvalue weighted by atomic mass is 35.5. The molecule has 1 atom stereocenters. The smallest absolute Gasteiger partial charge is 0.405 e. The lowest BCUT2D eigenvalue weighted by atomic mass is 10.1. The number of likely N-dealkylation sites (tertiary alicyclic amines) is 1. The molecule has 1 saturated heterocycles. The van der Waals surface area contributed by atoms with Crippen molar-refractivity contribution in [3.63, 3.8) is 0 Å². The molecule has 0 spiro atoms. The van der Waals surface area contributed by atoms with E-state index in [1.165, 1.54) is 25.1 Å². The van der Waals surface area contributed by atoms with Gasteiger partial charge in [0.15, 0.2) is 9.84 Å². The van der Waals surface area contributed by atoms with Crippen LogP contribution in [0.15, 0.2) is 38.8 Å². The average molecular weight is 623 g/mol. The van der Waals surface area contributed by atoms with E-state index in [2.05, 4.69) is 15.0 Å². The van der Waals surface area contributed by atoms with Crippen LogP contribution in [0.25, 0.3) is 10.9 Å². The number of halogens is 5. The molecule has 1 aliphatic rings. The number of nitrogens with one attached hydrogen (secondary N) is 2. The lowest BCUT2D eigenvalue weighted by Crippen LogP contribution is -2.37. The summed E-state index contributed by atoms with van der Waals surface area (Å²) in [6, 6.07) is 4.91. The van der Waals surface area contributed by atoms with Crippen LogP contribution in [0.4, 0.5) is 13.2 Å². The van der Waals surface area contributed by atoms with Gasteiger partial charge in [0.25, 0.3) is 5.56 Å². The first-order valence-corrected chi connectivity index (χ1v) is 14.8. The fourth-order valence-corrected chi connectivity index (χ4v) is 6.56. The second kappa shape index (κ2) is 11.7. The Morgan fingerprint density at radius 1 is 1.18 bits per heavy atom. The number of H-pyrrole nitrogens is 1. The second-order valence-corrected chi connectivity index (χ2v) is 12.5. The molecule has 0 saturated carbocycles. The van der Waals surface area contributed by atoms with E-state index < -0.39 is 39.7 Å². The number of likely N-dealkylation sites (N-methyl/N-ethyl adjacent to an activating group) is 1. The van der Waals surface area contributed by atoms with Gasteiger partial charge in [-0.1, -0.05) is 30.1 Å². The van der Waals surface area contributed by atoms with Crippen LogP contribution in [0.5, 0.6) is 5.75 Å². The maximum Gasteiger partial charge on any atom is 0.573 e. The molecular weight excluding hydrogens is 596 g/mol. The fourth-order valence-electron chi connectivity index (χ4n) is 4.95. The van der Waals surface area contributed by atoms with Gasteiger partial charge in [-0.15, -0.1) is 13.2 Å². The maximum atomic E-state index is 13.5. The minimum Gasteiger partial charge on any atom is -0.405 e.